The van der Waals surface area contributed by atoms with Crippen molar-refractivity contribution in [2.45, 2.75) is 26.4 Å². The minimum Gasteiger partial charge on any atom is -0.494 e. The van der Waals surface area contributed by atoms with Crippen LogP contribution in [0.1, 0.15) is 20.8 Å². The lowest BCUT2D eigenvalue weighted by Crippen LogP contribution is -2.42. The molecule has 0 bridgehead atoms. The van der Waals surface area contributed by atoms with E-state index in [-0.39, 0.29) is 5.28 Å². The van der Waals surface area contributed by atoms with Crippen LogP contribution in [0.4, 0.5) is 10.5 Å². The first-order chi connectivity index (χ1) is 14.3. The van der Waals surface area contributed by atoms with Crippen LogP contribution in [0.3, 0.4) is 0 Å². The molecule has 3 aromatic rings. The normalized spacial score (nSPS) is 13.6. The second kappa shape index (κ2) is 7.60. The molecule has 8 nitrogen and oxygen atoms in total. The van der Waals surface area contributed by atoms with Crippen LogP contribution in [-0.4, -0.2) is 46.9 Å². The first-order valence-corrected chi connectivity index (χ1v) is 9.77. The Kier molecular flexibility index (Phi) is 5.11. The standard InChI is InChI=1S/C21H21ClN4O4/c1-21(2,3)30-20(27)26-7-8-29-18-16(26)17(28-4)14(11-23-18)12-5-6-13-10-24-19(22)25-15(13)9-12/h5-6,9-11H,7-8H2,1-4H3. The molecule has 0 fully saturated rings. The molecule has 4 rings (SSSR count). The van der Waals surface area contributed by atoms with Gasteiger partial charge in [0.05, 0.1) is 19.2 Å². The maximum Gasteiger partial charge on any atom is 0.415 e. The van der Waals surface area contributed by atoms with Gasteiger partial charge in [-0.1, -0.05) is 12.1 Å². The molecular weight excluding hydrogens is 408 g/mol. The fourth-order valence-electron chi connectivity index (χ4n) is 3.24. The van der Waals surface area contributed by atoms with E-state index in [9.17, 15) is 4.79 Å². The summed E-state index contributed by atoms with van der Waals surface area (Å²) in [5, 5.41) is 1.02. The third-order valence-electron chi connectivity index (χ3n) is 4.48. The lowest BCUT2D eigenvalue weighted by Gasteiger charge is -2.32. The van der Waals surface area contributed by atoms with Crippen molar-refractivity contribution in [2.75, 3.05) is 25.2 Å². The molecule has 0 N–H and O–H groups in total. The van der Waals surface area contributed by atoms with Gasteiger partial charge >= 0.3 is 6.09 Å². The number of ether oxygens (including phenoxy) is 3. The Hall–Kier alpha value is -3.13. The molecule has 1 aliphatic rings. The largest absolute Gasteiger partial charge is 0.494 e. The second-order valence-corrected chi connectivity index (χ2v) is 8.09. The van der Waals surface area contributed by atoms with Crippen LogP contribution in [0, 0.1) is 0 Å². The smallest absolute Gasteiger partial charge is 0.415 e. The van der Waals surface area contributed by atoms with Gasteiger partial charge in [-0.25, -0.2) is 19.7 Å². The van der Waals surface area contributed by atoms with Gasteiger partial charge in [-0.2, -0.15) is 0 Å². The topological polar surface area (TPSA) is 86.7 Å². The van der Waals surface area contributed by atoms with Gasteiger partial charge in [-0.15, -0.1) is 0 Å². The van der Waals surface area contributed by atoms with Gasteiger partial charge in [-0.3, -0.25) is 4.90 Å². The average Bonchev–Trinajstić information content (AvgIpc) is 2.70. The first-order valence-electron chi connectivity index (χ1n) is 9.40. The Labute approximate surface area is 178 Å². The van der Waals surface area contributed by atoms with Gasteiger partial charge in [0.15, 0.2) is 11.4 Å². The molecule has 156 valence electrons. The Bertz CT molecular complexity index is 1130. The molecule has 1 amide bonds. The molecule has 3 heterocycles. The van der Waals surface area contributed by atoms with E-state index >= 15 is 0 Å². The van der Waals surface area contributed by atoms with E-state index < -0.39 is 11.7 Å². The summed E-state index contributed by atoms with van der Waals surface area (Å²) in [5.74, 6) is 0.781. The number of pyridine rings is 1. The van der Waals surface area contributed by atoms with Gasteiger partial charge in [0.25, 0.3) is 0 Å². The van der Waals surface area contributed by atoms with E-state index in [0.717, 1.165) is 10.9 Å². The van der Waals surface area contributed by atoms with E-state index in [1.54, 1.807) is 19.5 Å². The number of hydrogen-bond donors (Lipinski definition) is 0. The number of aromatic nitrogens is 3. The number of methoxy groups -OCH3 is 1. The highest BCUT2D eigenvalue weighted by Gasteiger charge is 2.33. The van der Waals surface area contributed by atoms with E-state index in [1.807, 2.05) is 39.0 Å². The Balaban J connectivity index is 1.84. The molecule has 0 saturated carbocycles. The average molecular weight is 429 g/mol. The number of anilines is 1. The number of fused-ring (bicyclic) bond motifs is 2. The molecule has 1 aromatic carbocycles. The predicted molar refractivity (Wildman–Crippen MR) is 113 cm³/mol. The van der Waals surface area contributed by atoms with Crippen molar-refractivity contribution in [1.82, 2.24) is 15.0 Å². The van der Waals surface area contributed by atoms with Crippen LogP contribution < -0.4 is 14.4 Å². The van der Waals surface area contributed by atoms with Crippen LogP contribution in [0.2, 0.25) is 5.28 Å². The van der Waals surface area contributed by atoms with Crippen molar-refractivity contribution in [2.24, 2.45) is 0 Å². The van der Waals surface area contributed by atoms with Gasteiger partial charge < -0.3 is 14.2 Å². The molecule has 30 heavy (non-hydrogen) atoms. The maximum atomic E-state index is 12.8. The minimum atomic E-state index is -0.634. The second-order valence-electron chi connectivity index (χ2n) is 7.75. The monoisotopic (exact) mass is 428 g/mol. The summed E-state index contributed by atoms with van der Waals surface area (Å²) < 4.78 is 17.0. The van der Waals surface area contributed by atoms with Crippen molar-refractivity contribution in [3.63, 3.8) is 0 Å². The molecule has 0 aliphatic carbocycles. The van der Waals surface area contributed by atoms with Crippen LogP contribution in [-0.2, 0) is 4.74 Å². The highest BCUT2D eigenvalue weighted by Crippen LogP contribution is 2.45. The summed E-state index contributed by atoms with van der Waals surface area (Å²) in [6.07, 6.45) is 2.83. The fraction of sp³-hybridized carbons (Fsp3) is 0.333. The van der Waals surface area contributed by atoms with Crippen molar-refractivity contribution >= 4 is 34.3 Å². The summed E-state index contributed by atoms with van der Waals surface area (Å²) in [4.78, 5) is 27.0. The summed E-state index contributed by atoms with van der Waals surface area (Å²) in [5.41, 5.74) is 1.99. The highest BCUT2D eigenvalue weighted by molar-refractivity contribution is 6.28. The van der Waals surface area contributed by atoms with E-state index in [2.05, 4.69) is 15.0 Å². The zero-order chi connectivity index (χ0) is 21.5. The Morgan fingerprint density at radius 3 is 2.77 bits per heavy atom. The fourth-order valence-corrected chi connectivity index (χ4v) is 3.38. The molecule has 0 unspecified atom stereocenters. The quantitative estimate of drug-likeness (QED) is 0.556. The van der Waals surface area contributed by atoms with Gasteiger partial charge in [-0.05, 0) is 44.0 Å². The van der Waals surface area contributed by atoms with Crippen LogP contribution in [0.5, 0.6) is 11.6 Å². The molecule has 2 aromatic heterocycles. The summed E-state index contributed by atoms with van der Waals surface area (Å²) in [7, 11) is 1.54. The Morgan fingerprint density at radius 2 is 2.03 bits per heavy atom. The zero-order valence-corrected chi connectivity index (χ0v) is 17.9. The number of carbonyl (C=O) groups excluding carboxylic acids is 1. The van der Waals surface area contributed by atoms with Crippen LogP contribution in [0.25, 0.3) is 22.0 Å². The number of halogens is 1. The van der Waals surface area contributed by atoms with Gasteiger partial charge in [0.2, 0.25) is 11.2 Å². The van der Waals surface area contributed by atoms with Gasteiger partial charge in [0, 0.05) is 23.3 Å². The number of carbonyl (C=O) groups is 1. The molecule has 1 aliphatic heterocycles. The minimum absolute atomic E-state index is 0.166. The zero-order valence-electron chi connectivity index (χ0n) is 17.1. The highest BCUT2D eigenvalue weighted by atomic mass is 35.5. The third kappa shape index (κ3) is 3.82. The molecule has 0 spiro atoms. The molecule has 0 atom stereocenters. The third-order valence-corrected chi connectivity index (χ3v) is 4.66. The summed E-state index contributed by atoms with van der Waals surface area (Å²) >= 11 is 5.94. The number of hydrogen-bond acceptors (Lipinski definition) is 7. The van der Waals surface area contributed by atoms with Crippen molar-refractivity contribution < 1.29 is 19.0 Å². The number of benzene rings is 1. The molecular formula is C21H21ClN4O4. The number of amides is 1. The SMILES string of the molecule is COc1c(-c2ccc3cnc(Cl)nc3c2)cnc2c1N(C(=O)OC(C)(C)C)CCO2. The van der Waals surface area contributed by atoms with Crippen molar-refractivity contribution in [3.05, 3.63) is 35.9 Å². The van der Waals surface area contributed by atoms with E-state index in [4.69, 9.17) is 25.8 Å². The van der Waals surface area contributed by atoms with Crippen LogP contribution >= 0.6 is 11.6 Å². The lowest BCUT2D eigenvalue weighted by molar-refractivity contribution is 0.0565. The van der Waals surface area contributed by atoms with Crippen LogP contribution in [0.15, 0.2) is 30.6 Å². The first kappa shape index (κ1) is 20.2. The predicted octanol–water partition coefficient (Wildman–Crippen LogP) is 4.49. The molecule has 9 heteroatoms. The van der Waals surface area contributed by atoms with Crippen molar-refractivity contribution in [1.29, 1.82) is 0 Å². The van der Waals surface area contributed by atoms with E-state index in [1.165, 1.54) is 4.90 Å². The number of nitrogens with zero attached hydrogens (tertiary/aromatic N) is 4. The van der Waals surface area contributed by atoms with E-state index in [0.29, 0.717) is 41.5 Å². The lowest BCUT2D eigenvalue weighted by atomic mass is 10.0. The maximum absolute atomic E-state index is 12.8. The van der Waals surface area contributed by atoms with Crippen molar-refractivity contribution in [3.8, 4) is 22.8 Å². The Morgan fingerprint density at radius 1 is 1.23 bits per heavy atom. The number of rotatable bonds is 2. The summed E-state index contributed by atoms with van der Waals surface area (Å²) in [6.45, 7) is 6.10. The summed E-state index contributed by atoms with van der Waals surface area (Å²) in [6, 6.07) is 5.67. The van der Waals surface area contributed by atoms with Gasteiger partial charge in [0.1, 0.15) is 12.2 Å². The molecule has 0 radical (unpaired) electrons. The molecule has 0 saturated heterocycles.